The highest BCUT2D eigenvalue weighted by Crippen LogP contribution is 2.25. The Morgan fingerprint density at radius 3 is 2.41 bits per heavy atom. The molecule has 9 nitrogen and oxygen atoms in total. The van der Waals surface area contributed by atoms with E-state index in [0.29, 0.717) is 87.3 Å². The van der Waals surface area contributed by atoms with Gasteiger partial charge in [0, 0.05) is 88.3 Å². The second-order valence-corrected chi connectivity index (χ2v) is 10.4. The number of thioether (sulfide) groups is 1. The lowest BCUT2D eigenvalue weighted by atomic mass is 10.2. The van der Waals surface area contributed by atoms with Gasteiger partial charge >= 0.3 is 0 Å². The fourth-order valence-corrected chi connectivity index (χ4v) is 4.77. The van der Waals surface area contributed by atoms with E-state index in [4.69, 9.17) is 42.6 Å². The summed E-state index contributed by atoms with van der Waals surface area (Å²) < 4.78 is 10.6. The quantitative estimate of drug-likeness (QED) is 0.363. The molecule has 0 unspecified atom stereocenters. The molecule has 1 saturated heterocycles. The number of aromatic nitrogens is 2. The van der Waals surface area contributed by atoms with Crippen LogP contribution in [0.4, 0.5) is 17.6 Å². The van der Waals surface area contributed by atoms with Crippen molar-refractivity contribution >= 4 is 58.5 Å². The van der Waals surface area contributed by atoms with E-state index in [1.807, 2.05) is 29.4 Å². The first-order chi connectivity index (χ1) is 17.9. The van der Waals surface area contributed by atoms with E-state index < -0.39 is 0 Å². The predicted octanol–water partition coefficient (Wildman–Crippen LogP) is 3.90. The number of anilines is 3. The molecule has 1 aromatic carbocycles. The third kappa shape index (κ3) is 9.07. The third-order valence-corrected chi connectivity index (χ3v) is 7.27. The van der Waals surface area contributed by atoms with Gasteiger partial charge in [-0.2, -0.15) is 21.7 Å². The topological polar surface area (TPSA) is 83.1 Å². The van der Waals surface area contributed by atoms with Gasteiger partial charge in [0.15, 0.2) is 0 Å². The Morgan fingerprint density at radius 1 is 1.08 bits per heavy atom. The predicted molar refractivity (Wildman–Crippen MR) is 154 cm³/mol. The number of hydrogen-bond donors (Lipinski definition) is 1. The summed E-state index contributed by atoms with van der Waals surface area (Å²) in [6, 6.07) is 7.38. The Morgan fingerprint density at radius 2 is 1.78 bits per heavy atom. The maximum absolute atomic E-state index is 12.5. The Hall–Kier alpha value is -1.98. The van der Waals surface area contributed by atoms with Crippen LogP contribution in [0.15, 0.2) is 24.3 Å². The summed E-state index contributed by atoms with van der Waals surface area (Å²) in [5.74, 6) is 3.14. The van der Waals surface area contributed by atoms with Crippen molar-refractivity contribution in [1.82, 2.24) is 14.9 Å². The average molecular weight is 572 g/mol. The van der Waals surface area contributed by atoms with Crippen molar-refractivity contribution in [1.29, 1.82) is 0 Å². The number of methoxy groups -OCH3 is 2. The van der Waals surface area contributed by atoms with Crippen LogP contribution in [0.5, 0.6) is 0 Å². The van der Waals surface area contributed by atoms with Crippen LogP contribution in [0, 0.1) is 0 Å². The molecule has 204 valence electrons. The summed E-state index contributed by atoms with van der Waals surface area (Å²) >= 11 is 14.1. The first kappa shape index (κ1) is 29.6. The number of nitrogens with zero attached hydrogens (tertiary/aromatic N) is 5. The molecule has 12 heteroatoms. The van der Waals surface area contributed by atoms with Gasteiger partial charge in [-0.1, -0.05) is 29.3 Å². The normalized spacial score (nSPS) is 13.6. The fraction of sp³-hybridized carbons (Fsp3) is 0.560. The van der Waals surface area contributed by atoms with Gasteiger partial charge in [0.1, 0.15) is 11.6 Å². The zero-order valence-electron chi connectivity index (χ0n) is 21.7. The summed E-state index contributed by atoms with van der Waals surface area (Å²) in [4.78, 5) is 28.4. The van der Waals surface area contributed by atoms with E-state index in [1.54, 1.807) is 32.0 Å². The molecule has 37 heavy (non-hydrogen) atoms. The van der Waals surface area contributed by atoms with Crippen LogP contribution in [-0.2, 0) is 20.8 Å². The zero-order chi connectivity index (χ0) is 26.6. The van der Waals surface area contributed by atoms with Crippen molar-refractivity contribution in [2.24, 2.45) is 0 Å². The highest BCUT2D eigenvalue weighted by Gasteiger charge is 2.24. The van der Waals surface area contributed by atoms with Crippen molar-refractivity contribution in [3.8, 4) is 0 Å². The van der Waals surface area contributed by atoms with E-state index in [2.05, 4.69) is 15.1 Å². The van der Waals surface area contributed by atoms with Crippen LogP contribution in [0.25, 0.3) is 0 Å². The molecule has 0 spiro atoms. The van der Waals surface area contributed by atoms with Crippen LogP contribution in [0.3, 0.4) is 0 Å². The van der Waals surface area contributed by atoms with E-state index >= 15 is 0 Å². The van der Waals surface area contributed by atoms with Gasteiger partial charge in [0.05, 0.1) is 13.2 Å². The number of carbonyl (C=O) groups is 1. The van der Waals surface area contributed by atoms with Crippen molar-refractivity contribution in [3.05, 3.63) is 39.9 Å². The smallest absolute Gasteiger partial charge is 0.229 e. The number of ether oxygens (including phenoxy) is 2. The SMILES string of the molecule is COCCN(CCOC)c1cc(NCc2ccc(Cl)cc2Cl)nc(N2CCN(C(=O)CCSC)CC2)n1. The van der Waals surface area contributed by atoms with Crippen molar-refractivity contribution in [2.45, 2.75) is 13.0 Å². The fourth-order valence-electron chi connectivity index (χ4n) is 3.91. The number of nitrogens with one attached hydrogen (secondary N) is 1. The molecule has 1 fully saturated rings. The van der Waals surface area contributed by atoms with Gasteiger partial charge in [0.2, 0.25) is 11.9 Å². The van der Waals surface area contributed by atoms with Gasteiger partial charge in [0.25, 0.3) is 0 Å². The summed E-state index contributed by atoms with van der Waals surface area (Å²) in [5.41, 5.74) is 0.917. The van der Waals surface area contributed by atoms with Crippen LogP contribution < -0.4 is 15.1 Å². The van der Waals surface area contributed by atoms with Gasteiger partial charge in [-0.3, -0.25) is 4.79 Å². The number of carbonyl (C=O) groups excluding carboxylic acids is 1. The molecule has 1 amide bonds. The number of benzene rings is 1. The van der Waals surface area contributed by atoms with Crippen molar-refractivity contribution in [2.75, 3.05) is 93.8 Å². The van der Waals surface area contributed by atoms with Crippen molar-refractivity contribution in [3.63, 3.8) is 0 Å². The average Bonchev–Trinajstić information content (AvgIpc) is 2.91. The number of amides is 1. The molecule has 1 aliphatic heterocycles. The molecule has 0 bridgehead atoms. The minimum absolute atomic E-state index is 0.205. The van der Waals surface area contributed by atoms with E-state index in [0.717, 1.165) is 17.1 Å². The van der Waals surface area contributed by atoms with E-state index in [9.17, 15) is 4.79 Å². The maximum Gasteiger partial charge on any atom is 0.229 e. The minimum atomic E-state index is 0.205. The summed E-state index contributed by atoms with van der Waals surface area (Å²) in [7, 11) is 3.37. The minimum Gasteiger partial charge on any atom is -0.383 e. The maximum atomic E-state index is 12.5. The molecule has 1 N–H and O–H groups in total. The number of piperazine rings is 1. The lowest BCUT2D eigenvalue weighted by Crippen LogP contribution is -2.49. The lowest BCUT2D eigenvalue weighted by Gasteiger charge is -2.35. The Balaban J connectivity index is 1.81. The monoisotopic (exact) mass is 570 g/mol. The zero-order valence-corrected chi connectivity index (χ0v) is 24.0. The Bertz CT molecular complexity index is 1000. The molecule has 1 aliphatic rings. The molecular weight excluding hydrogens is 535 g/mol. The Labute approximate surface area is 233 Å². The molecule has 0 atom stereocenters. The molecule has 0 saturated carbocycles. The van der Waals surface area contributed by atoms with Gasteiger partial charge in [-0.25, -0.2) is 0 Å². The summed E-state index contributed by atoms with van der Waals surface area (Å²) in [5, 5.41) is 4.59. The highest BCUT2D eigenvalue weighted by molar-refractivity contribution is 7.98. The highest BCUT2D eigenvalue weighted by atomic mass is 35.5. The number of halogens is 2. The molecule has 3 rings (SSSR count). The van der Waals surface area contributed by atoms with Gasteiger partial charge in [-0.15, -0.1) is 0 Å². The van der Waals surface area contributed by atoms with Crippen LogP contribution >= 0.6 is 35.0 Å². The standard InChI is InChI=1S/C25H36Cl2N6O3S/c1-35-13-11-31(12-14-36-2)23-17-22(28-18-19-4-5-20(26)16-21(19)27)29-25(30-23)33-9-7-32(8-10-33)24(34)6-15-37-3/h4-5,16-17H,6-15,18H2,1-3H3,(H,28,29,30). The van der Waals surface area contributed by atoms with Gasteiger partial charge < -0.3 is 29.5 Å². The van der Waals surface area contributed by atoms with Crippen molar-refractivity contribution < 1.29 is 14.3 Å². The van der Waals surface area contributed by atoms with Crippen LogP contribution in [0.2, 0.25) is 10.0 Å². The first-order valence-corrected chi connectivity index (χ1v) is 14.4. The first-order valence-electron chi connectivity index (χ1n) is 12.3. The second-order valence-electron chi connectivity index (χ2n) is 8.58. The van der Waals surface area contributed by atoms with Gasteiger partial charge in [-0.05, 0) is 24.0 Å². The Kier molecular flexibility index (Phi) is 12.3. The van der Waals surface area contributed by atoms with E-state index in [-0.39, 0.29) is 5.91 Å². The molecule has 0 radical (unpaired) electrons. The second kappa shape index (κ2) is 15.4. The summed E-state index contributed by atoms with van der Waals surface area (Å²) in [6.07, 6.45) is 2.59. The molecular formula is C25H36Cl2N6O3S. The molecule has 0 aliphatic carbocycles. The third-order valence-electron chi connectivity index (χ3n) is 6.07. The van der Waals surface area contributed by atoms with Crippen LogP contribution in [0.1, 0.15) is 12.0 Å². The number of rotatable bonds is 14. The molecule has 1 aromatic heterocycles. The largest absolute Gasteiger partial charge is 0.383 e. The molecule has 2 heterocycles. The van der Waals surface area contributed by atoms with E-state index in [1.165, 1.54) is 0 Å². The lowest BCUT2D eigenvalue weighted by molar-refractivity contribution is -0.131. The van der Waals surface area contributed by atoms with Crippen LogP contribution in [-0.4, -0.2) is 99.5 Å². The summed E-state index contributed by atoms with van der Waals surface area (Å²) in [6.45, 7) is 5.58. The number of hydrogen-bond acceptors (Lipinski definition) is 9. The molecule has 2 aromatic rings.